The van der Waals surface area contributed by atoms with Crippen LogP contribution in [-0.4, -0.2) is 89.6 Å². The Morgan fingerprint density at radius 2 is 1.60 bits per heavy atom. The fourth-order valence-corrected chi connectivity index (χ4v) is 3.34. The van der Waals surface area contributed by atoms with Gasteiger partial charge in [-0.1, -0.05) is 13.8 Å². The van der Waals surface area contributed by atoms with Crippen LogP contribution >= 0.6 is 0 Å². The van der Waals surface area contributed by atoms with Gasteiger partial charge in [-0.15, -0.1) is 0 Å². The number of carbonyl (C=O) groups excluding carboxylic acids is 5. The second kappa shape index (κ2) is 14.9. The van der Waals surface area contributed by atoms with Crippen molar-refractivity contribution in [2.75, 3.05) is 19.6 Å². The molecule has 1 saturated heterocycles. The number of nitrogens with one attached hydrogen (secondary N) is 5. The first kappa shape index (κ1) is 29.8. The van der Waals surface area contributed by atoms with E-state index in [1.54, 1.807) is 0 Å². The summed E-state index contributed by atoms with van der Waals surface area (Å²) in [5.41, 5.74) is 5.16. The summed E-state index contributed by atoms with van der Waals surface area (Å²) >= 11 is 0. The molecule has 1 aliphatic heterocycles. The number of rotatable bonds is 15. The highest BCUT2D eigenvalue weighted by atomic mass is 16.4. The predicted molar refractivity (Wildman–Crippen MR) is 122 cm³/mol. The topological polar surface area (TPSA) is 229 Å². The van der Waals surface area contributed by atoms with Crippen molar-refractivity contribution in [2.24, 2.45) is 11.7 Å². The number of carboxylic acid groups (broad SMARTS) is 1. The summed E-state index contributed by atoms with van der Waals surface area (Å²) < 4.78 is 0. The average Bonchev–Trinajstić information content (AvgIpc) is 3.21. The van der Waals surface area contributed by atoms with Gasteiger partial charge in [0.1, 0.15) is 18.6 Å². The Morgan fingerprint density at radius 1 is 0.943 bits per heavy atom. The van der Waals surface area contributed by atoms with E-state index in [-0.39, 0.29) is 38.1 Å². The predicted octanol–water partition coefficient (Wildman–Crippen LogP) is -3.30. The molecule has 5 amide bonds. The van der Waals surface area contributed by atoms with E-state index in [1.807, 2.05) is 13.8 Å². The molecule has 14 heteroatoms. The molecule has 0 bridgehead atoms. The summed E-state index contributed by atoms with van der Waals surface area (Å²) in [5, 5.41) is 30.6. The van der Waals surface area contributed by atoms with Crippen molar-refractivity contribution < 1.29 is 39.0 Å². The van der Waals surface area contributed by atoms with Crippen LogP contribution < -0.4 is 32.3 Å². The number of aliphatic hydroxyl groups is 1. The lowest BCUT2D eigenvalue weighted by atomic mass is 10.0. The molecule has 1 unspecified atom stereocenters. The molecule has 0 radical (unpaired) electrons. The fourth-order valence-electron chi connectivity index (χ4n) is 3.34. The number of amides is 5. The molecule has 1 rings (SSSR count). The number of aliphatic carboxylic acids is 1. The molecule has 0 aliphatic carbocycles. The monoisotopic (exact) mass is 500 g/mol. The second-order valence-corrected chi connectivity index (χ2v) is 8.84. The average molecular weight is 501 g/mol. The lowest BCUT2D eigenvalue weighted by Gasteiger charge is -2.23. The van der Waals surface area contributed by atoms with Gasteiger partial charge in [0.25, 0.3) is 0 Å². The number of primary amides is 1. The summed E-state index contributed by atoms with van der Waals surface area (Å²) in [6.07, 6.45) is -0.0422. The van der Waals surface area contributed by atoms with Crippen molar-refractivity contribution in [1.29, 1.82) is 0 Å². The number of carbonyl (C=O) groups is 6. The quantitative estimate of drug-likeness (QED) is 0.112. The molecule has 0 aromatic rings. The minimum Gasteiger partial charge on any atom is -0.480 e. The van der Waals surface area contributed by atoms with Crippen LogP contribution in [0.15, 0.2) is 0 Å². The molecule has 0 spiro atoms. The number of hydrogen-bond acceptors (Lipinski definition) is 8. The third-order valence-corrected chi connectivity index (χ3v) is 5.26. The minimum absolute atomic E-state index is 0.148. The smallest absolute Gasteiger partial charge is 0.322 e. The molecule has 0 aromatic heterocycles. The zero-order valence-corrected chi connectivity index (χ0v) is 20.0. The Kier molecular flexibility index (Phi) is 12.7. The van der Waals surface area contributed by atoms with Crippen LogP contribution in [0.4, 0.5) is 0 Å². The van der Waals surface area contributed by atoms with Crippen LogP contribution in [0, 0.1) is 5.92 Å². The van der Waals surface area contributed by atoms with Gasteiger partial charge < -0.3 is 42.5 Å². The van der Waals surface area contributed by atoms with Gasteiger partial charge in [0, 0.05) is 13.0 Å². The van der Waals surface area contributed by atoms with Gasteiger partial charge >= 0.3 is 5.97 Å². The van der Waals surface area contributed by atoms with Crippen molar-refractivity contribution >= 4 is 35.5 Å². The van der Waals surface area contributed by atoms with E-state index >= 15 is 0 Å². The molecule has 0 aromatic carbocycles. The fraction of sp³-hybridized carbons (Fsp3) is 0.714. The molecule has 1 fully saturated rings. The number of hydrogen-bond donors (Lipinski definition) is 8. The number of aliphatic hydroxyl groups excluding tert-OH is 1. The molecule has 9 N–H and O–H groups in total. The van der Waals surface area contributed by atoms with Gasteiger partial charge in [0.2, 0.25) is 29.5 Å². The first-order chi connectivity index (χ1) is 16.4. The van der Waals surface area contributed by atoms with E-state index < -0.39 is 72.8 Å². The molecule has 198 valence electrons. The Balaban J connectivity index is 2.77. The normalized spacial score (nSPS) is 18.9. The maximum absolute atomic E-state index is 12.9. The zero-order chi connectivity index (χ0) is 26.5. The van der Waals surface area contributed by atoms with Crippen LogP contribution in [0.5, 0.6) is 0 Å². The van der Waals surface area contributed by atoms with Crippen LogP contribution in [0.2, 0.25) is 0 Å². The molecule has 4 atom stereocenters. The lowest BCUT2D eigenvalue weighted by molar-refractivity contribution is -0.138. The first-order valence-corrected chi connectivity index (χ1v) is 11.5. The molecule has 14 nitrogen and oxygen atoms in total. The highest BCUT2D eigenvalue weighted by Crippen LogP contribution is 2.09. The maximum atomic E-state index is 12.9. The number of nitrogens with two attached hydrogens (primary N) is 1. The van der Waals surface area contributed by atoms with Crippen LogP contribution in [0.25, 0.3) is 0 Å². The summed E-state index contributed by atoms with van der Waals surface area (Å²) in [6.45, 7) is 3.02. The Hall–Kier alpha value is -3.26. The van der Waals surface area contributed by atoms with E-state index in [0.717, 1.165) is 0 Å². The van der Waals surface area contributed by atoms with Gasteiger partial charge in [0.05, 0.1) is 18.7 Å². The summed E-state index contributed by atoms with van der Waals surface area (Å²) in [6, 6.07) is -2.93. The van der Waals surface area contributed by atoms with Gasteiger partial charge in [-0.05, 0) is 31.6 Å². The van der Waals surface area contributed by atoms with Crippen LogP contribution in [-0.2, 0) is 28.8 Å². The van der Waals surface area contributed by atoms with Crippen molar-refractivity contribution in [3.8, 4) is 0 Å². The SMILES string of the molecule is CC(C)CC[C@@H](NC(=O)[C@@H](CCC(N)=O)NC(=O)CNC(=O)C1C[C@H](O)CN1)C(=O)NCC(=O)O. The lowest BCUT2D eigenvalue weighted by Crippen LogP contribution is -2.55. The van der Waals surface area contributed by atoms with Gasteiger partial charge in [-0.2, -0.15) is 0 Å². The third-order valence-electron chi connectivity index (χ3n) is 5.26. The molecule has 1 heterocycles. The summed E-state index contributed by atoms with van der Waals surface area (Å²) in [5.74, 6) is -4.40. The maximum Gasteiger partial charge on any atom is 0.322 e. The standard InChI is InChI=1S/C21H36N6O8/c1-11(2)3-4-13(19(33)25-10-18(31)32)27-21(35)14(5-6-16(22)29)26-17(30)9-24-20(34)15-7-12(28)8-23-15/h11-15,23,28H,3-10H2,1-2H3,(H2,22,29)(H,24,34)(H,25,33)(H,26,30)(H,27,35)(H,31,32)/t12-,13+,14+,15?/m0/s1. The Morgan fingerprint density at radius 3 is 2.14 bits per heavy atom. The van der Waals surface area contributed by atoms with Crippen molar-refractivity contribution in [3.63, 3.8) is 0 Å². The second-order valence-electron chi connectivity index (χ2n) is 8.84. The van der Waals surface area contributed by atoms with E-state index in [9.17, 15) is 33.9 Å². The Bertz CT molecular complexity index is 790. The van der Waals surface area contributed by atoms with Crippen molar-refractivity contribution in [1.82, 2.24) is 26.6 Å². The highest BCUT2D eigenvalue weighted by Gasteiger charge is 2.30. The summed E-state index contributed by atoms with van der Waals surface area (Å²) in [7, 11) is 0. The molecule has 0 saturated carbocycles. The summed E-state index contributed by atoms with van der Waals surface area (Å²) in [4.78, 5) is 71.7. The first-order valence-electron chi connectivity index (χ1n) is 11.5. The molecular weight excluding hydrogens is 464 g/mol. The van der Waals surface area contributed by atoms with Gasteiger partial charge in [0.15, 0.2) is 0 Å². The van der Waals surface area contributed by atoms with Crippen LogP contribution in [0.3, 0.4) is 0 Å². The largest absolute Gasteiger partial charge is 0.480 e. The number of carboxylic acids is 1. The van der Waals surface area contributed by atoms with E-state index in [2.05, 4.69) is 26.6 Å². The van der Waals surface area contributed by atoms with Crippen molar-refractivity contribution in [3.05, 3.63) is 0 Å². The van der Waals surface area contributed by atoms with E-state index in [4.69, 9.17) is 10.8 Å². The number of β-amino-alcohol motifs (C(OH)–C–C–N with tert-alkyl or cyclic N) is 1. The van der Waals surface area contributed by atoms with Gasteiger partial charge in [-0.25, -0.2) is 0 Å². The Labute approximate surface area is 203 Å². The molecular formula is C21H36N6O8. The van der Waals surface area contributed by atoms with Gasteiger partial charge in [-0.3, -0.25) is 28.8 Å². The van der Waals surface area contributed by atoms with E-state index in [1.165, 1.54) is 0 Å². The third kappa shape index (κ3) is 12.1. The van der Waals surface area contributed by atoms with E-state index in [0.29, 0.717) is 6.42 Å². The molecule has 35 heavy (non-hydrogen) atoms. The van der Waals surface area contributed by atoms with Crippen LogP contribution in [0.1, 0.15) is 46.0 Å². The highest BCUT2D eigenvalue weighted by molar-refractivity contribution is 5.94. The zero-order valence-electron chi connectivity index (χ0n) is 20.0. The minimum atomic E-state index is -1.25. The molecule has 1 aliphatic rings. The van der Waals surface area contributed by atoms with Crippen molar-refractivity contribution in [2.45, 2.75) is 70.2 Å².